The van der Waals surface area contributed by atoms with Crippen LogP contribution in [0.3, 0.4) is 0 Å². The van der Waals surface area contributed by atoms with E-state index in [4.69, 9.17) is 11.6 Å². The van der Waals surface area contributed by atoms with Crippen molar-refractivity contribution in [3.63, 3.8) is 0 Å². The summed E-state index contributed by atoms with van der Waals surface area (Å²) in [5, 5.41) is 16.2. The van der Waals surface area contributed by atoms with E-state index in [0.717, 1.165) is 6.07 Å². The molecule has 0 saturated heterocycles. The highest BCUT2D eigenvalue weighted by molar-refractivity contribution is 9.10. The molecule has 9 heteroatoms. The Labute approximate surface area is 155 Å². The summed E-state index contributed by atoms with van der Waals surface area (Å²) >= 11 is 8.98. The number of rotatable bonds is 5. The van der Waals surface area contributed by atoms with Gasteiger partial charge in [-0.3, -0.25) is 9.59 Å². The molecule has 0 bridgehead atoms. The summed E-state index contributed by atoms with van der Waals surface area (Å²) in [6.07, 6.45) is 1.21. The highest BCUT2D eigenvalue weighted by atomic mass is 79.9. The third-order valence-electron chi connectivity index (χ3n) is 2.95. The van der Waals surface area contributed by atoms with Gasteiger partial charge in [-0.2, -0.15) is 5.10 Å². The minimum absolute atomic E-state index is 0.0817. The van der Waals surface area contributed by atoms with Crippen molar-refractivity contribution in [2.45, 2.75) is 0 Å². The van der Waals surface area contributed by atoms with Gasteiger partial charge in [-0.25, -0.2) is 9.82 Å². The first kappa shape index (κ1) is 18.9. The lowest BCUT2D eigenvalue weighted by Gasteiger charge is -2.05. The number of hydrazone groups is 1. The van der Waals surface area contributed by atoms with Crippen LogP contribution in [0.25, 0.3) is 0 Å². The lowest BCUT2D eigenvalue weighted by atomic mass is 10.2. The Morgan fingerprint density at radius 1 is 1.32 bits per heavy atom. The molecule has 0 aliphatic carbocycles. The molecule has 25 heavy (non-hydrogen) atoms. The van der Waals surface area contributed by atoms with Crippen LogP contribution in [0.5, 0.6) is 5.75 Å². The third kappa shape index (κ3) is 5.54. The zero-order valence-corrected chi connectivity index (χ0v) is 14.9. The van der Waals surface area contributed by atoms with Gasteiger partial charge in [-0.15, -0.1) is 0 Å². The number of carbonyl (C=O) groups excluding carboxylic acids is 2. The third-order valence-corrected chi connectivity index (χ3v) is 3.77. The van der Waals surface area contributed by atoms with Crippen molar-refractivity contribution < 1.29 is 19.1 Å². The Morgan fingerprint density at radius 3 is 2.80 bits per heavy atom. The van der Waals surface area contributed by atoms with Crippen molar-refractivity contribution in [3.05, 3.63) is 62.8 Å². The summed E-state index contributed by atoms with van der Waals surface area (Å²) in [7, 11) is 0. The van der Waals surface area contributed by atoms with Crippen LogP contribution in [0.2, 0.25) is 5.02 Å². The van der Waals surface area contributed by atoms with Crippen LogP contribution in [-0.4, -0.2) is 29.7 Å². The number of hydrogen-bond acceptors (Lipinski definition) is 4. The van der Waals surface area contributed by atoms with E-state index in [0.29, 0.717) is 15.1 Å². The first-order chi connectivity index (χ1) is 11.9. The summed E-state index contributed by atoms with van der Waals surface area (Å²) in [5.74, 6) is -1.81. The molecule has 2 aromatic carbocycles. The van der Waals surface area contributed by atoms with Crippen LogP contribution in [0.1, 0.15) is 15.9 Å². The van der Waals surface area contributed by atoms with Gasteiger partial charge < -0.3 is 10.4 Å². The summed E-state index contributed by atoms with van der Waals surface area (Å²) in [5.41, 5.74) is 2.58. The summed E-state index contributed by atoms with van der Waals surface area (Å²) in [6.45, 7) is -0.349. The average Bonchev–Trinajstić information content (AvgIpc) is 2.57. The van der Waals surface area contributed by atoms with Gasteiger partial charge in [0.15, 0.2) is 0 Å². The van der Waals surface area contributed by atoms with Crippen LogP contribution in [0.4, 0.5) is 4.39 Å². The Bertz CT molecular complexity index is 845. The van der Waals surface area contributed by atoms with Gasteiger partial charge >= 0.3 is 0 Å². The van der Waals surface area contributed by atoms with Gasteiger partial charge in [0.1, 0.15) is 11.6 Å². The quantitative estimate of drug-likeness (QED) is 0.505. The zero-order valence-electron chi connectivity index (χ0n) is 12.6. The molecule has 0 aromatic heterocycles. The lowest BCUT2D eigenvalue weighted by Crippen LogP contribution is -2.34. The second-order valence-electron chi connectivity index (χ2n) is 4.81. The Kier molecular flexibility index (Phi) is 6.49. The van der Waals surface area contributed by atoms with E-state index < -0.39 is 17.6 Å². The van der Waals surface area contributed by atoms with Crippen LogP contribution in [0.15, 0.2) is 46.0 Å². The summed E-state index contributed by atoms with van der Waals surface area (Å²) < 4.78 is 13.4. The maximum absolute atomic E-state index is 13.0. The number of nitrogens with zero attached hydrogens (tertiary/aromatic N) is 1. The molecule has 0 radical (unpaired) electrons. The second kappa shape index (κ2) is 8.59. The van der Waals surface area contributed by atoms with Crippen molar-refractivity contribution in [1.82, 2.24) is 10.7 Å². The van der Waals surface area contributed by atoms with Gasteiger partial charge in [-0.1, -0.05) is 17.7 Å². The lowest BCUT2D eigenvalue weighted by molar-refractivity contribution is -0.120. The summed E-state index contributed by atoms with van der Waals surface area (Å²) in [4.78, 5) is 23.4. The van der Waals surface area contributed by atoms with Crippen LogP contribution in [-0.2, 0) is 4.79 Å². The standard InChI is InChI=1S/C16H12BrClFN3O3/c17-13-6-11(18)4-10(15(13)24)7-21-22-14(23)8-20-16(25)9-2-1-3-12(19)5-9/h1-7,24H,8H2,(H,20,25)(H,22,23). The molecular weight excluding hydrogens is 417 g/mol. The number of halogens is 3. The van der Waals surface area contributed by atoms with Gasteiger partial charge in [0.25, 0.3) is 11.8 Å². The number of phenolic OH excluding ortho intramolecular Hbond substituents is 1. The van der Waals surface area contributed by atoms with Gasteiger partial charge in [-0.05, 0) is 46.3 Å². The van der Waals surface area contributed by atoms with Crippen molar-refractivity contribution in [2.24, 2.45) is 5.10 Å². The molecule has 2 rings (SSSR count). The molecule has 3 N–H and O–H groups in total. The number of amides is 2. The zero-order chi connectivity index (χ0) is 18.4. The molecule has 0 fully saturated rings. The molecule has 0 aliphatic rings. The number of aromatic hydroxyl groups is 1. The first-order valence-electron chi connectivity index (χ1n) is 6.90. The maximum Gasteiger partial charge on any atom is 0.259 e. The normalized spacial score (nSPS) is 10.7. The van der Waals surface area contributed by atoms with Gasteiger partial charge in [0.05, 0.1) is 17.2 Å². The minimum atomic E-state index is -0.596. The van der Waals surface area contributed by atoms with Crippen molar-refractivity contribution in [1.29, 1.82) is 0 Å². The van der Waals surface area contributed by atoms with Crippen molar-refractivity contribution in [2.75, 3.05) is 6.54 Å². The van der Waals surface area contributed by atoms with E-state index in [1.165, 1.54) is 36.5 Å². The fraction of sp³-hybridized carbons (Fsp3) is 0.0625. The molecule has 2 aromatic rings. The second-order valence-corrected chi connectivity index (χ2v) is 6.10. The number of carbonyl (C=O) groups is 2. The minimum Gasteiger partial charge on any atom is -0.506 e. The highest BCUT2D eigenvalue weighted by Gasteiger charge is 2.09. The average molecular weight is 429 g/mol. The fourth-order valence-electron chi connectivity index (χ4n) is 1.79. The van der Waals surface area contributed by atoms with E-state index in [2.05, 4.69) is 31.8 Å². The number of phenols is 1. The molecule has 0 aliphatic heterocycles. The van der Waals surface area contributed by atoms with E-state index in [9.17, 15) is 19.1 Å². The van der Waals surface area contributed by atoms with Crippen LogP contribution < -0.4 is 10.7 Å². The molecule has 0 saturated carbocycles. The highest BCUT2D eigenvalue weighted by Crippen LogP contribution is 2.30. The molecule has 0 atom stereocenters. The van der Waals surface area contributed by atoms with Crippen LogP contribution in [0, 0.1) is 5.82 Å². The van der Waals surface area contributed by atoms with E-state index in [1.54, 1.807) is 0 Å². The number of benzene rings is 2. The molecule has 6 nitrogen and oxygen atoms in total. The fourth-order valence-corrected chi connectivity index (χ4v) is 2.62. The maximum atomic E-state index is 13.0. The van der Waals surface area contributed by atoms with Gasteiger partial charge in [0.2, 0.25) is 0 Å². The Morgan fingerprint density at radius 2 is 2.08 bits per heavy atom. The monoisotopic (exact) mass is 427 g/mol. The smallest absolute Gasteiger partial charge is 0.259 e. The number of nitrogens with one attached hydrogen (secondary N) is 2. The van der Waals surface area contributed by atoms with Crippen molar-refractivity contribution >= 4 is 45.6 Å². The predicted octanol–water partition coefficient (Wildman–Crippen LogP) is 2.83. The summed E-state index contributed by atoms with van der Waals surface area (Å²) in [6, 6.07) is 8.06. The predicted molar refractivity (Wildman–Crippen MR) is 95.3 cm³/mol. The Hall–Kier alpha value is -2.45. The molecule has 0 unspecified atom stereocenters. The van der Waals surface area contributed by atoms with Crippen molar-refractivity contribution in [3.8, 4) is 5.75 Å². The molecular formula is C16H12BrClFN3O3. The molecule has 130 valence electrons. The topological polar surface area (TPSA) is 90.8 Å². The van der Waals surface area contributed by atoms with E-state index in [1.807, 2.05) is 0 Å². The Balaban J connectivity index is 1.88. The molecule has 2 amide bonds. The molecule has 0 spiro atoms. The van der Waals surface area contributed by atoms with Gasteiger partial charge in [0, 0.05) is 16.1 Å². The number of hydrogen-bond donors (Lipinski definition) is 3. The first-order valence-corrected chi connectivity index (χ1v) is 8.07. The molecule has 0 heterocycles. The van der Waals surface area contributed by atoms with Crippen LogP contribution >= 0.6 is 27.5 Å². The van der Waals surface area contributed by atoms with E-state index in [-0.39, 0.29) is 17.9 Å². The SMILES string of the molecule is O=C(CNC(=O)c1cccc(F)c1)NN=Cc1cc(Cl)cc(Br)c1O. The largest absolute Gasteiger partial charge is 0.506 e. The van der Waals surface area contributed by atoms with E-state index >= 15 is 0 Å².